The van der Waals surface area contributed by atoms with Crippen LogP contribution in [0, 0.1) is 28.9 Å². The number of likely N-dealkylation sites (tertiary alicyclic amines) is 1. The molecule has 1 fully saturated rings. The van der Waals surface area contributed by atoms with Crippen LogP contribution < -0.4 is 10.1 Å². The lowest BCUT2D eigenvalue weighted by atomic mass is 10.0. The predicted molar refractivity (Wildman–Crippen MR) is 169 cm³/mol. The molecular formula is C35H51F2N3O2. The number of ether oxygens (including phenoxy) is 1. The summed E-state index contributed by atoms with van der Waals surface area (Å²) in [5, 5.41) is 3.47. The Kier molecular flexibility index (Phi) is 12.8. The molecular weight excluding hydrogens is 532 g/mol. The molecule has 7 heteroatoms. The maximum Gasteiger partial charge on any atom is 0.225 e. The number of carbonyl (C=O) groups is 1. The molecule has 0 aliphatic carbocycles. The summed E-state index contributed by atoms with van der Waals surface area (Å²) >= 11 is 0. The SMILES string of the molecule is CC(C)(C)C.CCC(C)C(=O)N1CCC(CN=C2Cc3cc(CCCCCCOc4cc(F)cc(F)c4)ccc3N2)C1. The van der Waals surface area contributed by atoms with Gasteiger partial charge in [0.1, 0.15) is 23.2 Å². The summed E-state index contributed by atoms with van der Waals surface area (Å²) in [5.74, 6) is 0.873. The van der Waals surface area contributed by atoms with Gasteiger partial charge in [0.2, 0.25) is 5.91 Å². The first kappa shape index (κ1) is 33.5. The van der Waals surface area contributed by atoms with Crippen LogP contribution in [0.2, 0.25) is 0 Å². The molecule has 2 aromatic carbocycles. The number of aliphatic imine (C=N–C) groups is 1. The van der Waals surface area contributed by atoms with Gasteiger partial charge in [-0.25, -0.2) is 8.78 Å². The Balaban J connectivity index is 0.000000892. The highest BCUT2D eigenvalue weighted by Crippen LogP contribution is 2.26. The van der Waals surface area contributed by atoms with Gasteiger partial charge in [-0.2, -0.15) is 0 Å². The highest BCUT2D eigenvalue weighted by molar-refractivity contribution is 6.03. The van der Waals surface area contributed by atoms with Crippen molar-refractivity contribution in [2.45, 2.75) is 92.9 Å². The first-order chi connectivity index (χ1) is 19.9. The minimum atomic E-state index is -0.617. The molecule has 2 aliphatic rings. The quantitative estimate of drug-likeness (QED) is 0.255. The van der Waals surface area contributed by atoms with Gasteiger partial charge in [0.15, 0.2) is 0 Å². The minimum absolute atomic E-state index is 0.109. The van der Waals surface area contributed by atoms with Gasteiger partial charge in [-0.15, -0.1) is 0 Å². The number of hydrogen-bond acceptors (Lipinski definition) is 3. The number of carbonyl (C=O) groups excluding carboxylic acids is 1. The summed E-state index contributed by atoms with van der Waals surface area (Å²) in [4.78, 5) is 19.3. The molecule has 4 rings (SSSR count). The van der Waals surface area contributed by atoms with Gasteiger partial charge in [0, 0.05) is 55.9 Å². The van der Waals surface area contributed by atoms with Crippen LogP contribution in [-0.2, 0) is 17.6 Å². The molecule has 2 heterocycles. The second-order valence-electron chi connectivity index (χ2n) is 13.4. The molecule has 5 nitrogen and oxygen atoms in total. The summed E-state index contributed by atoms with van der Waals surface area (Å²) in [6.07, 6.45) is 7.84. The molecule has 0 spiro atoms. The van der Waals surface area contributed by atoms with E-state index < -0.39 is 11.6 Å². The zero-order valence-electron chi connectivity index (χ0n) is 26.6. The van der Waals surface area contributed by atoms with E-state index in [9.17, 15) is 13.6 Å². The molecule has 42 heavy (non-hydrogen) atoms. The molecule has 1 saturated heterocycles. The maximum atomic E-state index is 13.2. The van der Waals surface area contributed by atoms with Crippen LogP contribution >= 0.6 is 0 Å². The van der Waals surface area contributed by atoms with Crippen molar-refractivity contribution in [3.8, 4) is 5.75 Å². The second-order valence-corrected chi connectivity index (χ2v) is 13.4. The van der Waals surface area contributed by atoms with E-state index in [0.717, 1.165) is 88.6 Å². The largest absolute Gasteiger partial charge is 0.493 e. The van der Waals surface area contributed by atoms with Gasteiger partial charge >= 0.3 is 0 Å². The van der Waals surface area contributed by atoms with E-state index in [-0.39, 0.29) is 17.6 Å². The van der Waals surface area contributed by atoms with Crippen LogP contribution in [0.25, 0.3) is 0 Å². The normalized spacial score (nSPS) is 17.9. The van der Waals surface area contributed by atoms with Gasteiger partial charge in [0.05, 0.1) is 6.61 Å². The minimum Gasteiger partial charge on any atom is -0.493 e. The van der Waals surface area contributed by atoms with Crippen molar-refractivity contribution in [2.75, 3.05) is 31.6 Å². The number of nitrogens with zero attached hydrogens (tertiary/aromatic N) is 2. The van der Waals surface area contributed by atoms with Crippen LogP contribution in [0.5, 0.6) is 5.75 Å². The molecule has 0 saturated carbocycles. The summed E-state index contributed by atoms with van der Waals surface area (Å²) in [5.41, 5.74) is 4.28. The molecule has 232 valence electrons. The average Bonchev–Trinajstić information content (AvgIpc) is 3.55. The molecule has 2 aromatic rings. The highest BCUT2D eigenvalue weighted by Gasteiger charge is 2.28. The van der Waals surface area contributed by atoms with Crippen molar-refractivity contribution < 1.29 is 18.3 Å². The molecule has 1 amide bonds. The molecule has 1 N–H and O–H groups in total. The number of fused-ring (bicyclic) bond motifs is 1. The molecule has 2 atom stereocenters. The summed E-state index contributed by atoms with van der Waals surface area (Å²) in [7, 11) is 0. The fourth-order valence-electron chi connectivity index (χ4n) is 5.04. The van der Waals surface area contributed by atoms with Gasteiger partial charge in [-0.3, -0.25) is 9.79 Å². The molecule has 2 aliphatic heterocycles. The summed E-state index contributed by atoms with van der Waals surface area (Å²) in [6.45, 7) is 15.7. The third-order valence-corrected chi connectivity index (χ3v) is 7.44. The lowest BCUT2D eigenvalue weighted by Gasteiger charge is -2.19. The van der Waals surface area contributed by atoms with Crippen molar-refractivity contribution in [3.63, 3.8) is 0 Å². The Morgan fingerprint density at radius 3 is 2.45 bits per heavy atom. The van der Waals surface area contributed by atoms with E-state index in [1.165, 1.54) is 23.3 Å². The molecule has 0 bridgehead atoms. The van der Waals surface area contributed by atoms with E-state index in [1.54, 1.807) is 0 Å². The number of aryl methyl sites for hydroxylation is 1. The maximum absolute atomic E-state index is 13.2. The highest BCUT2D eigenvalue weighted by atomic mass is 19.1. The third kappa shape index (κ3) is 11.7. The van der Waals surface area contributed by atoms with E-state index in [1.807, 2.05) is 11.8 Å². The number of halogens is 2. The van der Waals surface area contributed by atoms with Crippen molar-refractivity contribution >= 4 is 17.4 Å². The van der Waals surface area contributed by atoms with Crippen molar-refractivity contribution in [1.29, 1.82) is 0 Å². The third-order valence-electron chi connectivity index (χ3n) is 7.44. The Bertz CT molecular complexity index is 1160. The summed E-state index contributed by atoms with van der Waals surface area (Å²) < 4.78 is 31.9. The first-order valence-electron chi connectivity index (χ1n) is 15.7. The van der Waals surface area contributed by atoms with Gasteiger partial charge in [-0.05, 0) is 60.6 Å². The lowest BCUT2D eigenvalue weighted by molar-refractivity contribution is -0.134. The standard InChI is InChI=1S/C30H39F2N3O2.C5H12/c1-3-21(2)30(36)35-12-11-23(20-35)19-33-29-15-24-14-22(9-10-28(24)34-29)8-6-4-5-7-13-37-27-17-25(31)16-26(32)18-27;1-5(2,3)4/h9-10,14,16-18,21,23H,3-8,11-13,15,19-20H2,1-2H3,(H,33,34);1-4H3. The number of amidine groups is 1. The fourth-order valence-corrected chi connectivity index (χ4v) is 5.04. The van der Waals surface area contributed by atoms with Crippen LogP contribution in [0.3, 0.4) is 0 Å². The average molecular weight is 584 g/mol. The Hall–Kier alpha value is -2.96. The van der Waals surface area contributed by atoms with E-state index in [0.29, 0.717) is 17.9 Å². The zero-order valence-corrected chi connectivity index (χ0v) is 26.6. The first-order valence-corrected chi connectivity index (χ1v) is 15.7. The number of rotatable bonds is 12. The van der Waals surface area contributed by atoms with Crippen molar-refractivity contribution in [2.24, 2.45) is 22.2 Å². The molecule has 0 radical (unpaired) electrons. The van der Waals surface area contributed by atoms with Crippen LogP contribution in [0.15, 0.2) is 41.4 Å². The van der Waals surface area contributed by atoms with Crippen LogP contribution in [0.1, 0.15) is 91.2 Å². The smallest absolute Gasteiger partial charge is 0.225 e. The van der Waals surface area contributed by atoms with E-state index >= 15 is 0 Å². The molecule has 0 aromatic heterocycles. The van der Waals surface area contributed by atoms with Crippen molar-refractivity contribution in [1.82, 2.24) is 4.90 Å². The number of benzene rings is 2. The number of hydrogen-bond donors (Lipinski definition) is 1. The fraction of sp³-hybridized carbons (Fsp3) is 0.600. The van der Waals surface area contributed by atoms with Gasteiger partial charge in [-0.1, -0.05) is 66.5 Å². The topological polar surface area (TPSA) is 53.9 Å². The Labute approximate surface area is 252 Å². The predicted octanol–water partition coefficient (Wildman–Crippen LogP) is 8.46. The monoisotopic (exact) mass is 583 g/mol. The summed E-state index contributed by atoms with van der Waals surface area (Å²) in [6, 6.07) is 9.89. The Morgan fingerprint density at radius 2 is 1.76 bits per heavy atom. The van der Waals surface area contributed by atoms with E-state index in [4.69, 9.17) is 9.73 Å². The van der Waals surface area contributed by atoms with Crippen molar-refractivity contribution in [3.05, 3.63) is 59.2 Å². The number of nitrogens with one attached hydrogen (secondary N) is 1. The van der Waals surface area contributed by atoms with Crippen LogP contribution in [0.4, 0.5) is 14.5 Å². The second kappa shape index (κ2) is 16.0. The Morgan fingerprint density at radius 1 is 1.07 bits per heavy atom. The number of anilines is 1. The number of unbranched alkanes of at least 4 members (excludes halogenated alkanes) is 3. The zero-order chi connectivity index (χ0) is 30.7. The van der Waals surface area contributed by atoms with E-state index in [2.05, 4.69) is 58.1 Å². The number of amides is 1. The van der Waals surface area contributed by atoms with Gasteiger partial charge < -0.3 is 15.0 Å². The lowest BCUT2D eigenvalue weighted by Crippen LogP contribution is -2.33. The molecule has 2 unspecified atom stereocenters. The van der Waals surface area contributed by atoms with Gasteiger partial charge in [0.25, 0.3) is 0 Å². The van der Waals surface area contributed by atoms with Crippen LogP contribution in [-0.4, -0.2) is 42.9 Å².